The number of phosphoric ester groups is 1. The van der Waals surface area contributed by atoms with Crippen LogP contribution < -0.4 is 5.73 Å². The Labute approximate surface area is 369 Å². The Hall–Kier alpha value is -2.06. The van der Waals surface area contributed by atoms with E-state index in [1.165, 1.54) is 109 Å². The molecule has 2 atom stereocenters. The van der Waals surface area contributed by atoms with Crippen LogP contribution in [0.3, 0.4) is 0 Å². The highest BCUT2D eigenvalue weighted by Crippen LogP contribution is 2.43. The minimum Gasteiger partial charge on any atom is -0.457 e. The van der Waals surface area contributed by atoms with Gasteiger partial charge in [-0.2, -0.15) is 0 Å². The second-order valence-corrected chi connectivity index (χ2v) is 17.4. The minimum atomic E-state index is -4.29. The molecule has 0 aliphatic heterocycles. The van der Waals surface area contributed by atoms with E-state index in [1.54, 1.807) is 0 Å². The number of carbonyl (C=O) groups excluding carboxylic acids is 1. The van der Waals surface area contributed by atoms with Crippen molar-refractivity contribution in [2.45, 2.75) is 213 Å². The highest BCUT2D eigenvalue weighted by atomic mass is 31.2. The molecule has 0 bridgehead atoms. The third kappa shape index (κ3) is 47.0. The van der Waals surface area contributed by atoms with E-state index in [4.69, 9.17) is 24.3 Å². The molecule has 0 aromatic rings. The van der Waals surface area contributed by atoms with Crippen molar-refractivity contribution in [3.05, 3.63) is 72.9 Å². The molecule has 0 saturated heterocycles. The Morgan fingerprint density at radius 1 is 0.517 bits per heavy atom. The zero-order valence-electron chi connectivity index (χ0n) is 38.7. The zero-order chi connectivity index (χ0) is 43.7. The zero-order valence-corrected chi connectivity index (χ0v) is 39.6. The SMILES string of the molecule is CC/C=C\C/C=C\C/C=C\C/C=C\C/C=C\CCCCCCCCCC(=O)OC(COCCCCCCCCCC/C=C\CCCCCCCC)COP(=O)(O)OCCN. The average molecular weight is 862 g/mol. The molecule has 0 aromatic carbocycles. The monoisotopic (exact) mass is 862 g/mol. The Kier molecular flexibility index (Phi) is 46.3. The van der Waals surface area contributed by atoms with Crippen LogP contribution in [0.15, 0.2) is 72.9 Å². The number of allylic oxidation sites excluding steroid dienone is 12. The molecule has 0 heterocycles. The van der Waals surface area contributed by atoms with Gasteiger partial charge in [0.05, 0.1) is 19.8 Å². The Balaban J connectivity index is 4.02. The van der Waals surface area contributed by atoms with Crippen LogP contribution in [0.5, 0.6) is 0 Å². The molecule has 0 radical (unpaired) electrons. The third-order valence-corrected chi connectivity index (χ3v) is 11.1. The van der Waals surface area contributed by atoms with Crippen LogP contribution >= 0.6 is 7.82 Å². The van der Waals surface area contributed by atoms with Crippen LogP contribution in [0, 0.1) is 0 Å². The maximum absolute atomic E-state index is 12.6. The maximum atomic E-state index is 12.6. The molecule has 2 unspecified atom stereocenters. The van der Waals surface area contributed by atoms with Crippen molar-refractivity contribution in [2.24, 2.45) is 5.73 Å². The molecule has 8 nitrogen and oxygen atoms in total. The van der Waals surface area contributed by atoms with Gasteiger partial charge in [-0.25, -0.2) is 4.57 Å². The summed E-state index contributed by atoms with van der Waals surface area (Å²) >= 11 is 0. The van der Waals surface area contributed by atoms with E-state index >= 15 is 0 Å². The topological polar surface area (TPSA) is 117 Å². The quantitative estimate of drug-likeness (QED) is 0.0269. The van der Waals surface area contributed by atoms with E-state index in [2.05, 4.69) is 86.8 Å². The highest BCUT2D eigenvalue weighted by Gasteiger charge is 2.25. The van der Waals surface area contributed by atoms with Gasteiger partial charge in [-0.3, -0.25) is 13.8 Å². The number of unbranched alkanes of at least 4 members (excludes halogenated alkanes) is 21. The molecule has 0 spiro atoms. The fourth-order valence-corrected chi connectivity index (χ4v) is 7.31. The van der Waals surface area contributed by atoms with Crippen molar-refractivity contribution < 1.29 is 32.8 Å². The van der Waals surface area contributed by atoms with Gasteiger partial charge in [-0.1, -0.05) is 189 Å². The minimum absolute atomic E-state index is 0.0948. The van der Waals surface area contributed by atoms with Crippen molar-refractivity contribution in [2.75, 3.05) is 33.0 Å². The summed E-state index contributed by atoms with van der Waals surface area (Å²) in [6.07, 6.45) is 60.7. The lowest BCUT2D eigenvalue weighted by Crippen LogP contribution is -2.28. The molecule has 0 aliphatic carbocycles. The van der Waals surface area contributed by atoms with Gasteiger partial charge < -0.3 is 20.1 Å². The first-order chi connectivity index (χ1) is 29.4. The normalized spacial score (nSPS) is 14.0. The molecule has 0 aromatic heterocycles. The van der Waals surface area contributed by atoms with Crippen LogP contribution in [-0.4, -0.2) is 49.9 Å². The fraction of sp³-hybridized carbons (Fsp3) is 0.745. The van der Waals surface area contributed by atoms with Crippen LogP contribution in [0.1, 0.15) is 206 Å². The van der Waals surface area contributed by atoms with Gasteiger partial charge >= 0.3 is 13.8 Å². The first-order valence-electron chi connectivity index (χ1n) is 24.4. The fourth-order valence-electron chi connectivity index (χ4n) is 6.55. The molecule has 3 N–H and O–H groups in total. The van der Waals surface area contributed by atoms with Gasteiger partial charge in [0.25, 0.3) is 0 Å². The number of nitrogens with two attached hydrogens (primary N) is 1. The van der Waals surface area contributed by atoms with Crippen LogP contribution in [0.2, 0.25) is 0 Å². The Morgan fingerprint density at radius 3 is 1.42 bits per heavy atom. The van der Waals surface area contributed by atoms with Crippen LogP contribution in [-0.2, 0) is 27.9 Å². The van der Waals surface area contributed by atoms with Gasteiger partial charge in [-0.05, 0) is 83.5 Å². The number of carbonyl (C=O) groups is 1. The molecule has 348 valence electrons. The van der Waals surface area contributed by atoms with E-state index in [1.807, 2.05) is 0 Å². The standard InChI is InChI=1S/C51H92NO7P/c1-3-5-7-9-11-13-15-17-19-21-23-24-25-26-27-28-30-32-34-36-38-40-42-44-51(53)59-50(49-58-60(54,55)57-47-45-52)48-56-46-43-41-39-37-35-33-31-29-22-20-18-16-14-12-10-8-6-4-2/h5,7,11,13,17-20,23-24,26-27,50H,3-4,6,8-10,12,14-16,21-22,25,28-49,52H2,1-2H3,(H,54,55)/b7-5-,13-11-,19-17-,20-18-,24-23-,27-26-. The van der Waals surface area contributed by atoms with Gasteiger partial charge in [-0.15, -0.1) is 0 Å². The van der Waals surface area contributed by atoms with Crippen molar-refractivity contribution in [1.29, 1.82) is 0 Å². The molecule has 0 saturated carbocycles. The molecule has 0 rings (SSSR count). The summed E-state index contributed by atoms with van der Waals surface area (Å²) in [5, 5.41) is 0. The lowest BCUT2D eigenvalue weighted by molar-refractivity contribution is -0.154. The van der Waals surface area contributed by atoms with Crippen molar-refractivity contribution in [3.8, 4) is 0 Å². The van der Waals surface area contributed by atoms with Crippen molar-refractivity contribution in [1.82, 2.24) is 0 Å². The molecule has 0 fully saturated rings. The summed E-state index contributed by atoms with van der Waals surface area (Å²) in [6.45, 7) is 4.79. The molecular weight excluding hydrogens is 770 g/mol. The summed E-state index contributed by atoms with van der Waals surface area (Å²) in [6, 6.07) is 0. The van der Waals surface area contributed by atoms with E-state index in [9.17, 15) is 14.3 Å². The predicted octanol–water partition coefficient (Wildman–Crippen LogP) is 15.1. The van der Waals surface area contributed by atoms with E-state index in [0.717, 1.165) is 77.0 Å². The van der Waals surface area contributed by atoms with Gasteiger partial charge in [0.15, 0.2) is 0 Å². The first-order valence-corrected chi connectivity index (χ1v) is 25.9. The Morgan fingerprint density at radius 2 is 0.933 bits per heavy atom. The Bertz CT molecular complexity index is 1150. The summed E-state index contributed by atoms with van der Waals surface area (Å²) in [5.41, 5.74) is 5.38. The van der Waals surface area contributed by atoms with E-state index in [0.29, 0.717) is 13.0 Å². The second kappa shape index (κ2) is 48.0. The predicted molar refractivity (Wildman–Crippen MR) is 256 cm³/mol. The molecule has 0 aliphatic rings. The van der Waals surface area contributed by atoms with Crippen LogP contribution in [0.25, 0.3) is 0 Å². The second-order valence-electron chi connectivity index (χ2n) is 15.9. The largest absolute Gasteiger partial charge is 0.472 e. The summed E-state index contributed by atoms with van der Waals surface area (Å²) < 4.78 is 33.5. The van der Waals surface area contributed by atoms with Crippen LogP contribution in [0.4, 0.5) is 0 Å². The number of hydrogen-bond donors (Lipinski definition) is 2. The molecule has 60 heavy (non-hydrogen) atoms. The number of hydrogen-bond acceptors (Lipinski definition) is 7. The lowest BCUT2D eigenvalue weighted by Gasteiger charge is -2.20. The summed E-state index contributed by atoms with van der Waals surface area (Å²) in [5.74, 6) is -0.343. The van der Waals surface area contributed by atoms with Crippen molar-refractivity contribution in [3.63, 3.8) is 0 Å². The molecule has 9 heteroatoms. The van der Waals surface area contributed by atoms with Gasteiger partial charge in [0.2, 0.25) is 0 Å². The number of esters is 1. The number of phosphoric acid groups is 1. The summed E-state index contributed by atoms with van der Waals surface area (Å²) in [7, 11) is -4.29. The summed E-state index contributed by atoms with van der Waals surface area (Å²) in [4.78, 5) is 22.6. The first kappa shape index (κ1) is 57.9. The lowest BCUT2D eigenvalue weighted by atomic mass is 10.1. The number of rotatable bonds is 46. The van der Waals surface area contributed by atoms with Gasteiger partial charge in [0, 0.05) is 19.6 Å². The van der Waals surface area contributed by atoms with E-state index < -0.39 is 13.9 Å². The third-order valence-electron chi connectivity index (χ3n) is 10.1. The van der Waals surface area contributed by atoms with Crippen molar-refractivity contribution >= 4 is 13.8 Å². The number of ether oxygens (including phenoxy) is 2. The van der Waals surface area contributed by atoms with Gasteiger partial charge in [0.1, 0.15) is 6.10 Å². The average Bonchev–Trinajstić information content (AvgIpc) is 3.24. The highest BCUT2D eigenvalue weighted by molar-refractivity contribution is 7.47. The molecule has 0 amide bonds. The molecular formula is C51H92NO7P. The van der Waals surface area contributed by atoms with E-state index in [-0.39, 0.29) is 32.3 Å². The smallest absolute Gasteiger partial charge is 0.457 e. The maximum Gasteiger partial charge on any atom is 0.472 e.